The number of hydrogen-bond donors (Lipinski definition) is 1. The van der Waals surface area contributed by atoms with Gasteiger partial charge in [-0.1, -0.05) is 19.0 Å². The standard InChI is InChI=1S/C20H25N3O6S/c1-13-8-14(2)11-23(10-13)30(26,27)17-6-4-16(5-7-17)20(25)28-12-19(24)21-18-9-15(3)29-22-18/h4-7,9,13-14H,8,10-12H2,1-3H3,(H,21,22,24)/t13-,14-/m0/s1. The zero-order valence-corrected chi connectivity index (χ0v) is 17.9. The number of ether oxygens (including phenoxy) is 1. The van der Waals surface area contributed by atoms with Crippen molar-refractivity contribution in [2.45, 2.75) is 32.1 Å². The van der Waals surface area contributed by atoms with Crippen LogP contribution in [0, 0.1) is 18.8 Å². The van der Waals surface area contributed by atoms with Gasteiger partial charge in [-0.25, -0.2) is 13.2 Å². The number of amides is 1. The van der Waals surface area contributed by atoms with E-state index >= 15 is 0 Å². The number of carbonyl (C=O) groups excluding carboxylic acids is 2. The number of aryl methyl sites for hydroxylation is 1. The first kappa shape index (κ1) is 22.0. The predicted octanol–water partition coefficient (Wildman–Crippen LogP) is 2.45. The van der Waals surface area contributed by atoms with Crippen LogP contribution >= 0.6 is 0 Å². The highest BCUT2D eigenvalue weighted by Gasteiger charge is 2.31. The molecule has 0 radical (unpaired) electrons. The second kappa shape index (κ2) is 8.97. The van der Waals surface area contributed by atoms with Crippen LogP contribution in [0.15, 0.2) is 39.8 Å². The van der Waals surface area contributed by atoms with Crippen molar-refractivity contribution in [2.24, 2.45) is 11.8 Å². The van der Waals surface area contributed by atoms with Crippen LogP contribution in [0.25, 0.3) is 0 Å². The minimum absolute atomic E-state index is 0.125. The van der Waals surface area contributed by atoms with Crippen LogP contribution in [0.1, 0.15) is 36.4 Å². The number of esters is 1. The molecule has 1 aliphatic heterocycles. The Hall–Kier alpha value is -2.72. The fourth-order valence-corrected chi connectivity index (χ4v) is 5.21. The molecule has 1 amide bonds. The van der Waals surface area contributed by atoms with E-state index in [-0.39, 0.29) is 16.3 Å². The number of benzene rings is 1. The molecule has 2 atom stereocenters. The lowest BCUT2D eigenvalue weighted by Crippen LogP contribution is -2.42. The molecule has 1 aliphatic rings. The van der Waals surface area contributed by atoms with E-state index in [0.29, 0.717) is 30.7 Å². The van der Waals surface area contributed by atoms with E-state index in [1.54, 1.807) is 6.92 Å². The zero-order chi connectivity index (χ0) is 21.9. The SMILES string of the molecule is Cc1cc(NC(=O)COC(=O)c2ccc(S(=O)(=O)N3C[C@@H](C)C[C@H](C)C3)cc2)no1. The molecule has 1 fully saturated rings. The first-order valence-electron chi connectivity index (χ1n) is 9.65. The van der Waals surface area contributed by atoms with Crippen molar-refractivity contribution in [1.82, 2.24) is 9.46 Å². The van der Waals surface area contributed by atoms with Gasteiger partial charge in [-0.05, 0) is 49.4 Å². The lowest BCUT2D eigenvalue weighted by Gasteiger charge is -2.34. The third-order valence-corrected chi connectivity index (χ3v) is 6.64. The molecule has 0 aliphatic carbocycles. The lowest BCUT2D eigenvalue weighted by molar-refractivity contribution is -0.119. The topological polar surface area (TPSA) is 119 Å². The Bertz CT molecular complexity index is 1010. The summed E-state index contributed by atoms with van der Waals surface area (Å²) in [7, 11) is -3.63. The summed E-state index contributed by atoms with van der Waals surface area (Å²) < 4.78 is 37.1. The second-order valence-corrected chi connectivity index (χ2v) is 9.68. The first-order chi connectivity index (χ1) is 14.1. The Labute approximate surface area is 175 Å². The molecule has 162 valence electrons. The smallest absolute Gasteiger partial charge is 0.338 e. The van der Waals surface area contributed by atoms with Crippen molar-refractivity contribution >= 4 is 27.7 Å². The van der Waals surface area contributed by atoms with E-state index in [2.05, 4.69) is 10.5 Å². The molecule has 1 aromatic heterocycles. The quantitative estimate of drug-likeness (QED) is 0.692. The summed E-state index contributed by atoms with van der Waals surface area (Å²) in [5.41, 5.74) is 0.152. The Morgan fingerprint density at radius 1 is 1.20 bits per heavy atom. The van der Waals surface area contributed by atoms with Crippen molar-refractivity contribution < 1.29 is 27.3 Å². The molecule has 1 saturated heterocycles. The highest BCUT2D eigenvalue weighted by molar-refractivity contribution is 7.89. The van der Waals surface area contributed by atoms with Crippen molar-refractivity contribution in [1.29, 1.82) is 0 Å². The second-order valence-electron chi connectivity index (χ2n) is 7.74. The number of nitrogens with one attached hydrogen (secondary N) is 1. The number of rotatable bonds is 6. The van der Waals surface area contributed by atoms with Crippen molar-refractivity contribution in [3.05, 3.63) is 41.7 Å². The molecule has 0 unspecified atom stereocenters. The van der Waals surface area contributed by atoms with Gasteiger partial charge in [0.05, 0.1) is 10.5 Å². The van der Waals surface area contributed by atoms with Gasteiger partial charge < -0.3 is 14.6 Å². The number of piperidine rings is 1. The van der Waals surface area contributed by atoms with Crippen LogP contribution < -0.4 is 5.32 Å². The van der Waals surface area contributed by atoms with Gasteiger partial charge in [0, 0.05) is 19.2 Å². The molecular weight excluding hydrogens is 410 g/mol. The monoisotopic (exact) mass is 435 g/mol. The van der Waals surface area contributed by atoms with Crippen LogP contribution in [-0.4, -0.2) is 49.5 Å². The molecule has 2 heterocycles. The molecule has 0 bridgehead atoms. The fourth-order valence-electron chi connectivity index (χ4n) is 3.53. The van der Waals surface area contributed by atoms with Crippen molar-refractivity contribution in [3.63, 3.8) is 0 Å². The summed E-state index contributed by atoms with van der Waals surface area (Å²) in [4.78, 5) is 24.1. The van der Waals surface area contributed by atoms with E-state index in [1.807, 2.05) is 13.8 Å². The van der Waals surface area contributed by atoms with Gasteiger partial charge in [0.2, 0.25) is 10.0 Å². The van der Waals surface area contributed by atoms with Crippen LogP contribution in [0.3, 0.4) is 0 Å². The summed E-state index contributed by atoms with van der Waals surface area (Å²) in [5.74, 6) is 0.0558. The molecule has 2 aromatic rings. The van der Waals surface area contributed by atoms with E-state index in [1.165, 1.54) is 34.6 Å². The summed E-state index contributed by atoms with van der Waals surface area (Å²) >= 11 is 0. The average Bonchev–Trinajstić information content (AvgIpc) is 3.10. The number of nitrogens with zero attached hydrogens (tertiary/aromatic N) is 2. The predicted molar refractivity (Wildman–Crippen MR) is 108 cm³/mol. The van der Waals surface area contributed by atoms with E-state index in [0.717, 1.165) is 6.42 Å². The third-order valence-electron chi connectivity index (χ3n) is 4.79. The number of carbonyl (C=O) groups is 2. The Morgan fingerprint density at radius 2 is 1.83 bits per heavy atom. The molecule has 9 nitrogen and oxygen atoms in total. The zero-order valence-electron chi connectivity index (χ0n) is 17.1. The highest BCUT2D eigenvalue weighted by Crippen LogP contribution is 2.26. The maximum absolute atomic E-state index is 12.9. The molecule has 1 N–H and O–H groups in total. The van der Waals surface area contributed by atoms with Crippen molar-refractivity contribution in [2.75, 3.05) is 25.0 Å². The highest BCUT2D eigenvalue weighted by atomic mass is 32.2. The molecule has 3 rings (SSSR count). The van der Waals surface area contributed by atoms with Gasteiger partial charge in [-0.15, -0.1) is 0 Å². The van der Waals surface area contributed by atoms with Crippen LogP contribution in [0.5, 0.6) is 0 Å². The number of sulfonamides is 1. The van der Waals surface area contributed by atoms with Gasteiger partial charge in [0.15, 0.2) is 12.4 Å². The van der Waals surface area contributed by atoms with Crippen LogP contribution in [0.2, 0.25) is 0 Å². The molecule has 10 heteroatoms. The Morgan fingerprint density at radius 3 is 2.40 bits per heavy atom. The van der Waals surface area contributed by atoms with Crippen LogP contribution in [0.4, 0.5) is 5.82 Å². The van der Waals surface area contributed by atoms with Gasteiger partial charge in [-0.3, -0.25) is 4.79 Å². The normalized spacial score (nSPS) is 20.0. The van der Waals surface area contributed by atoms with Gasteiger partial charge in [-0.2, -0.15) is 4.31 Å². The number of hydrogen-bond acceptors (Lipinski definition) is 7. The molecule has 0 spiro atoms. The van der Waals surface area contributed by atoms with E-state index in [9.17, 15) is 18.0 Å². The Kier molecular flexibility index (Phi) is 6.57. The number of aromatic nitrogens is 1. The lowest BCUT2D eigenvalue weighted by atomic mass is 9.94. The first-order valence-corrected chi connectivity index (χ1v) is 11.1. The van der Waals surface area contributed by atoms with E-state index < -0.39 is 28.5 Å². The average molecular weight is 436 g/mol. The number of anilines is 1. The summed E-state index contributed by atoms with van der Waals surface area (Å²) in [6.45, 7) is 6.22. The Balaban J connectivity index is 1.59. The maximum atomic E-state index is 12.9. The fraction of sp³-hybridized carbons (Fsp3) is 0.450. The van der Waals surface area contributed by atoms with E-state index in [4.69, 9.17) is 9.26 Å². The van der Waals surface area contributed by atoms with Gasteiger partial charge in [0.1, 0.15) is 5.76 Å². The van der Waals surface area contributed by atoms with Gasteiger partial charge in [0.25, 0.3) is 5.91 Å². The molecule has 30 heavy (non-hydrogen) atoms. The molecule has 0 saturated carbocycles. The maximum Gasteiger partial charge on any atom is 0.338 e. The summed E-state index contributed by atoms with van der Waals surface area (Å²) in [6, 6.07) is 7.06. The minimum atomic E-state index is -3.63. The van der Waals surface area contributed by atoms with Crippen molar-refractivity contribution in [3.8, 4) is 0 Å². The largest absolute Gasteiger partial charge is 0.452 e. The third kappa shape index (κ3) is 5.25. The molecular formula is C20H25N3O6S. The summed E-state index contributed by atoms with van der Waals surface area (Å²) in [5, 5.41) is 6.05. The van der Waals surface area contributed by atoms with Gasteiger partial charge >= 0.3 is 5.97 Å². The summed E-state index contributed by atoms with van der Waals surface area (Å²) in [6.07, 6.45) is 1.00. The minimum Gasteiger partial charge on any atom is -0.452 e. The molecule has 1 aromatic carbocycles. The van der Waals surface area contributed by atoms with Crippen LogP contribution in [-0.2, 0) is 19.6 Å².